The van der Waals surface area contributed by atoms with Gasteiger partial charge >= 0.3 is 0 Å². The summed E-state index contributed by atoms with van der Waals surface area (Å²) >= 11 is 2.76. The molecule has 0 heterocycles. The van der Waals surface area contributed by atoms with Gasteiger partial charge in [-0.3, -0.25) is 0 Å². The van der Waals surface area contributed by atoms with Gasteiger partial charge in [-0.05, 0) is 35.4 Å². The second-order valence-corrected chi connectivity index (χ2v) is 8.26. The highest BCUT2D eigenvalue weighted by molar-refractivity contribution is 8.07. The fourth-order valence-electron chi connectivity index (χ4n) is 2.59. The Morgan fingerprint density at radius 2 is 0.800 bits per heavy atom. The van der Waals surface area contributed by atoms with E-state index in [0.29, 0.717) is 0 Å². The van der Waals surface area contributed by atoms with E-state index >= 15 is 0 Å². The average molecular weight is 432 g/mol. The number of benzene rings is 4. The van der Waals surface area contributed by atoms with E-state index in [1.165, 1.54) is 35.2 Å². The van der Waals surface area contributed by atoms with Crippen molar-refractivity contribution in [1.82, 2.24) is 5.32 Å². The molecule has 0 saturated heterocycles. The average Bonchev–Trinajstić information content (AvgIpc) is 2.82. The molecular formula is C26H25NOS2. The summed E-state index contributed by atoms with van der Waals surface area (Å²) in [6.07, 6.45) is 0. The molecule has 0 amide bonds. The zero-order valence-electron chi connectivity index (χ0n) is 16.7. The minimum atomic E-state index is 0.926. The molecule has 152 valence electrons. The van der Waals surface area contributed by atoms with Crippen LogP contribution in [0.1, 0.15) is 11.1 Å². The fraction of sp³-hybridized carbons (Fsp3) is 0.0769. The van der Waals surface area contributed by atoms with Crippen LogP contribution >= 0.6 is 24.1 Å². The normalized spacial score (nSPS) is 10.1. The molecular weight excluding hydrogens is 406 g/mol. The van der Waals surface area contributed by atoms with Gasteiger partial charge in [-0.1, -0.05) is 97.1 Å². The Kier molecular flexibility index (Phi) is 10.1. The summed E-state index contributed by atoms with van der Waals surface area (Å²) < 4.78 is 5.44. The van der Waals surface area contributed by atoms with Crippen molar-refractivity contribution in [3.8, 4) is 0 Å². The molecule has 0 bridgehead atoms. The number of rotatable bonds is 8. The lowest BCUT2D eigenvalue weighted by Crippen LogP contribution is -2.12. The van der Waals surface area contributed by atoms with Crippen LogP contribution in [-0.4, -0.2) is 0 Å². The Hall–Kier alpha value is -2.50. The molecule has 0 aromatic heterocycles. The molecule has 4 rings (SSSR count). The summed E-state index contributed by atoms with van der Waals surface area (Å²) in [7, 11) is 0. The lowest BCUT2D eigenvalue weighted by atomic mass is 10.2. The van der Waals surface area contributed by atoms with E-state index in [2.05, 4.69) is 53.8 Å². The van der Waals surface area contributed by atoms with Crippen LogP contribution in [-0.2, 0) is 16.7 Å². The van der Waals surface area contributed by atoms with E-state index in [1.54, 1.807) is 0 Å². The summed E-state index contributed by atoms with van der Waals surface area (Å²) in [6, 6.07) is 41.0. The summed E-state index contributed by atoms with van der Waals surface area (Å²) in [5, 5.41) is 3.42. The van der Waals surface area contributed by atoms with Crippen molar-refractivity contribution in [2.45, 2.75) is 22.9 Å². The van der Waals surface area contributed by atoms with Gasteiger partial charge < -0.3 is 5.32 Å². The minimum Gasteiger partial charge on any atom is -0.309 e. The molecule has 0 saturated carbocycles. The summed E-state index contributed by atoms with van der Waals surface area (Å²) in [5.74, 6) is 0. The molecule has 30 heavy (non-hydrogen) atoms. The molecule has 0 spiro atoms. The molecule has 0 aliphatic heterocycles. The van der Waals surface area contributed by atoms with Crippen LogP contribution in [0.4, 0.5) is 0 Å². The van der Waals surface area contributed by atoms with E-state index in [4.69, 9.17) is 3.63 Å². The first kappa shape index (κ1) is 22.2. The maximum atomic E-state index is 5.44. The second-order valence-electron chi connectivity index (χ2n) is 6.44. The zero-order chi connectivity index (χ0) is 20.7. The van der Waals surface area contributed by atoms with Crippen molar-refractivity contribution >= 4 is 24.1 Å². The predicted molar refractivity (Wildman–Crippen MR) is 129 cm³/mol. The van der Waals surface area contributed by atoms with Crippen molar-refractivity contribution < 1.29 is 3.63 Å². The van der Waals surface area contributed by atoms with Crippen LogP contribution in [0.2, 0.25) is 0 Å². The van der Waals surface area contributed by atoms with Gasteiger partial charge in [-0.25, -0.2) is 3.63 Å². The third-order valence-corrected chi connectivity index (χ3v) is 5.56. The van der Waals surface area contributed by atoms with Crippen LogP contribution in [0.25, 0.3) is 0 Å². The van der Waals surface area contributed by atoms with Crippen molar-refractivity contribution in [3.05, 3.63) is 132 Å². The van der Waals surface area contributed by atoms with Gasteiger partial charge in [0.1, 0.15) is 0 Å². The van der Waals surface area contributed by atoms with Crippen molar-refractivity contribution in [3.63, 3.8) is 0 Å². The predicted octanol–water partition coefficient (Wildman–Crippen LogP) is 7.39. The van der Waals surface area contributed by atoms with Gasteiger partial charge in [-0.15, -0.1) is 0 Å². The first-order chi connectivity index (χ1) is 14.9. The van der Waals surface area contributed by atoms with E-state index in [0.717, 1.165) is 22.9 Å². The van der Waals surface area contributed by atoms with Gasteiger partial charge in [0.05, 0.1) is 0 Å². The van der Waals surface area contributed by atoms with Crippen LogP contribution in [0.3, 0.4) is 0 Å². The first-order valence-electron chi connectivity index (χ1n) is 9.80. The van der Waals surface area contributed by atoms with Crippen LogP contribution in [0.5, 0.6) is 0 Å². The van der Waals surface area contributed by atoms with E-state index in [-0.39, 0.29) is 0 Å². The maximum absolute atomic E-state index is 5.44. The Morgan fingerprint density at radius 1 is 0.467 bits per heavy atom. The van der Waals surface area contributed by atoms with Gasteiger partial charge in [-0.2, -0.15) is 0 Å². The second kappa shape index (κ2) is 13.7. The molecule has 1 N–H and O–H groups in total. The highest BCUT2D eigenvalue weighted by Crippen LogP contribution is 2.28. The third-order valence-electron chi connectivity index (χ3n) is 4.09. The Bertz CT molecular complexity index is 776. The minimum absolute atomic E-state index is 0.926. The number of hydrogen-bond donors (Lipinski definition) is 1. The Balaban J connectivity index is 0.000000171. The van der Waals surface area contributed by atoms with Gasteiger partial charge in [0, 0.05) is 47.0 Å². The van der Waals surface area contributed by atoms with Gasteiger partial charge in [0.15, 0.2) is 0 Å². The lowest BCUT2D eigenvalue weighted by molar-refractivity contribution is 0.693. The summed E-state index contributed by atoms with van der Waals surface area (Å²) in [5.41, 5.74) is 2.65. The molecule has 0 unspecified atom stereocenters. The maximum Gasteiger partial charge on any atom is 0.0447 e. The number of nitrogens with one attached hydrogen (secondary N) is 1. The van der Waals surface area contributed by atoms with E-state index in [1.807, 2.05) is 72.8 Å². The SMILES string of the molecule is c1ccc(CNCc2ccccc2)cc1.c1ccc(SOSc2ccccc2)cc1. The topological polar surface area (TPSA) is 21.3 Å². The van der Waals surface area contributed by atoms with E-state index < -0.39 is 0 Å². The monoisotopic (exact) mass is 431 g/mol. The summed E-state index contributed by atoms with van der Waals surface area (Å²) in [4.78, 5) is 2.22. The first-order valence-corrected chi connectivity index (χ1v) is 11.3. The molecule has 0 aliphatic carbocycles. The molecule has 2 nitrogen and oxygen atoms in total. The van der Waals surface area contributed by atoms with Crippen molar-refractivity contribution in [1.29, 1.82) is 0 Å². The molecule has 0 fully saturated rings. The highest BCUT2D eigenvalue weighted by Gasteiger charge is 1.96. The third kappa shape index (κ3) is 8.89. The smallest absolute Gasteiger partial charge is 0.0447 e. The van der Waals surface area contributed by atoms with Gasteiger partial charge in [0.25, 0.3) is 0 Å². The summed E-state index contributed by atoms with van der Waals surface area (Å²) in [6.45, 7) is 1.85. The Labute approximate surface area is 188 Å². The molecule has 4 aromatic rings. The molecule has 0 radical (unpaired) electrons. The molecule has 4 aromatic carbocycles. The standard InChI is InChI=1S/C14H15N.C12H10OS2/c1-3-7-13(8-4-1)11-15-12-14-9-5-2-6-10-14;1-3-7-11(8-4-1)14-13-15-12-9-5-2-6-10-12/h1-10,15H,11-12H2;1-10H. The fourth-order valence-corrected chi connectivity index (χ4v) is 3.89. The highest BCUT2D eigenvalue weighted by atomic mass is 32.2. The quantitative estimate of drug-likeness (QED) is 0.293. The van der Waals surface area contributed by atoms with Gasteiger partial charge in [0.2, 0.25) is 0 Å². The Morgan fingerprint density at radius 3 is 1.17 bits per heavy atom. The largest absolute Gasteiger partial charge is 0.309 e. The number of hydrogen-bond acceptors (Lipinski definition) is 4. The van der Waals surface area contributed by atoms with Crippen molar-refractivity contribution in [2.24, 2.45) is 0 Å². The van der Waals surface area contributed by atoms with E-state index in [9.17, 15) is 0 Å². The zero-order valence-corrected chi connectivity index (χ0v) is 18.3. The van der Waals surface area contributed by atoms with Crippen LogP contribution < -0.4 is 5.32 Å². The molecule has 4 heteroatoms. The molecule has 0 atom stereocenters. The lowest BCUT2D eigenvalue weighted by Gasteiger charge is -2.04. The molecule has 0 aliphatic rings. The van der Waals surface area contributed by atoms with Crippen LogP contribution in [0, 0.1) is 0 Å². The van der Waals surface area contributed by atoms with Crippen LogP contribution in [0.15, 0.2) is 131 Å². The van der Waals surface area contributed by atoms with Crippen molar-refractivity contribution in [2.75, 3.05) is 0 Å².